The molecule has 0 amide bonds. The van der Waals surface area contributed by atoms with E-state index in [2.05, 4.69) is 12.6 Å². The number of benzene rings is 1. The highest BCUT2D eigenvalue weighted by Gasteiger charge is 1.99. The molecular weight excluding hydrogens is 172 g/mol. The minimum atomic E-state index is -1.01. The van der Waals surface area contributed by atoms with Crippen molar-refractivity contribution in [1.82, 2.24) is 0 Å². The van der Waals surface area contributed by atoms with Gasteiger partial charge in [0.05, 0.1) is 4.91 Å². The third-order valence-corrected chi connectivity index (χ3v) is 1.64. The Morgan fingerprint density at radius 2 is 1.92 bits per heavy atom. The highest BCUT2D eigenvalue weighted by Crippen LogP contribution is 2.08. The smallest absolute Gasteiger partial charge is 0.341 e. The molecular formula is C9H8O2S. The second kappa shape index (κ2) is 3.97. The lowest BCUT2D eigenvalue weighted by atomic mass is 10.2. The van der Waals surface area contributed by atoms with Gasteiger partial charge in [-0.3, -0.25) is 0 Å². The summed E-state index contributed by atoms with van der Waals surface area (Å²) in [7, 11) is 0. The van der Waals surface area contributed by atoms with E-state index < -0.39 is 5.97 Å². The summed E-state index contributed by atoms with van der Waals surface area (Å²) in [6.45, 7) is 0. The summed E-state index contributed by atoms with van der Waals surface area (Å²) >= 11 is 3.80. The van der Waals surface area contributed by atoms with E-state index in [0.717, 1.165) is 5.56 Å². The van der Waals surface area contributed by atoms with Gasteiger partial charge in [0, 0.05) is 0 Å². The Bertz CT molecular complexity index is 304. The van der Waals surface area contributed by atoms with Crippen LogP contribution in [0.25, 0.3) is 6.08 Å². The van der Waals surface area contributed by atoms with Crippen LogP contribution in [0.3, 0.4) is 0 Å². The van der Waals surface area contributed by atoms with Crippen LogP contribution in [0.15, 0.2) is 35.2 Å². The highest BCUT2D eigenvalue weighted by molar-refractivity contribution is 7.85. The Balaban J connectivity index is 2.89. The molecule has 3 heteroatoms. The maximum Gasteiger partial charge on any atom is 0.341 e. The summed E-state index contributed by atoms with van der Waals surface area (Å²) in [5, 5.41) is 8.50. The van der Waals surface area contributed by atoms with E-state index in [-0.39, 0.29) is 4.91 Å². The van der Waals surface area contributed by atoms with Crippen molar-refractivity contribution in [2.75, 3.05) is 0 Å². The van der Waals surface area contributed by atoms with Gasteiger partial charge in [0.25, 0.3) is 0 Å². The number of carbonyl (C=O) groups is 1. The van der Waals surface area contributed by atoms with E-state index in [0.29, 0.717) is 0 Å². The molecule has 12 heavy (non-hydrogen) atoms. The van der Waals surface area contributed by atoms with Crippen molar-refractivity contribution in [3.63, 3.8) is 0 Å². The zero-order valence-corrected chi connectivity index (χ0v) is 7.16. The quantitative estimate of drug-likeness (QED) is 0.540. The maximum atomic E-state index is 10.4. The lowest BCUT2D eigenvalue weighted by Crippen LogP contribution is -1.92. The van der Waals surface area contributed by atoms with Crippen molar-refractivity contribution in [3.8, 4) is 0 Å². The van der Waals surface area contributed by atoms with Crippen LogP contribution in [0.5, 0.6) is 0 Å². The van der Waals surface area contributed by atoms with Crippen molar-refractivity contribution < 1.29 is 9.90 Å². The summed E-state index contributed by atoms with van der Waals surface area (Å²) in [6, 6.07) is 9.19. The number of carboxylic acid groups (broad SMARTS) is 1. The van der Waals surface area contributed by atoms with Gasteiger partial charge >= 0.3 is 5.97 Å². The molecule has 0 aliphatic heterocycles. The molecule has 0 spiro atoms. The second-order valence-corrected chi connectivity index (χ2v) is 2.73. The summed E-state index contributed by atoms with van der Waals surface area (Å²) in [5.41, 5.74) is 0.838. The Morgan fingerprint density at radius 3 is 2.42 bits per heavy atom. The van der Waals surface area contributed by atoms with Crippen LogP contribution in [-0.2, 0) is 4.79 Å². The van der Waals surface area contributed by atoms with Gasteiger partial charge in [0.1, 0.15) is 0 Å². The van der Waals surface area contributed by atoms with Crippen molar-refractivity contribution in [1.29, 1.82) is 0 Å². The molecule has 2 nitrogen and oxygen atoms in total. The molecule has 0 fully saturated rings. The van der Waals surface area contributed by atoms with Gasteiger partial charge in [-0.05, 0) is 11.6 Å². The van der Waals surface area contributed by atoms with E-state index >= 15 is 0 Å². The molecule has 0 heterocycles. The molecule has 0 aliphatic carbocycles. The van der Waals surface area contributed by atoms with Crippen LogP contribution < -0.4 is 0 Å². The van der Waals surface area contributed by atoms with Crippen molar-refractivity contribution in [3.05, 3.63) is 40.8 Å². The average Bonchev–Trinajstić information content (AvgIpc) is 2.06. The molecule has 0 aliphatic rings. The summed E-state index contributed by atoms with van der Waals surface area (Å²) in [4.78, 5) is 10.4. The van der Waals surface area contributed by atoms with Crippen LogP contribution in [0, 0.1) is 0 Å². The Hall–Kier alpha value is -1.22. The third kappa shape index (κ3) is 2.43. The SMILES string of the molecule is O=C(O)/C(S)=C\c1ccccc1. The first-order chi connectivity index (χ1) is 5.70. The molecule has 0 atom stereocenters. The molecule has 1 aromatic rings. The first-order valence-corrected chi connectivity index (χ1v) is 3.84. The average molecular weight is 180 g/mol. The first-order valence-electron chi connectivity index (χ1n) is 3.39. The van der Waals surface area contributed by atoms with Gasteiger partial charge in [0.15, 0.2) is 0 Å². The van der Waals surface area contributed by atoms with Crippen molar-refractivity contribution >= 4 is 24.7 Å². The fraction of sp³-hybridized carbons (Fsp3) is 0. The van der Waals surface area contributed by atoms with Crippen LogP contribution >= 0.6 is 12.6 Å². The maximum absolute atomic E-state index is 10.4. The summed E-state index contributed by atoms with van der Waals surface area (Å²) in [6.07, 6.45) is 1.51. The lowest BCUT2D eigenvalue weighted by molar-refractivity contribution is -0.131. The van der Waals surface area contributed by atoms with Gasteiger partial charge in [-0.25, -0.2) is 4.79 Å². The molecule has 62 valence electrons. The predicted octanol–water partition coefficient (Wildman–Crippen LogP) is 2.04. The number of rotatable bonds is 2. The zero-order valence-electron chi connectivity index (χ0n) is 6.27. The Kier molecular flexibility index (Phi) is 2.94. The summed E-state index contributed by atoms with van der Waals surface area (Å²) in [5.74, 6) is -1.01. The highest BCUT2D eigenvalue weighted by atomic mass is 32.1. The molecule has 0 bridgehead atoms. The topological polar surface area (TPSA) is 37.3 Å². The van der Waals surface area contributed by atoms with E-state index in [1.807, 2.05) is 30.3 Å². The molecule has 1 rings (SSSR count). The standard InChI is InChI=1S/C9H8O2S/c10-9(11)8(12)6-7-4-2-1-3-5-7/h1-6,12H,(H,10,11)/b8-6+. The van der Waals surface area contributed by atoms with E-state index in [1.54, 1.807) is 0 Å². The number of thiol groups is 1. The van der Waals surface area contributed by atoms with Crippen LogP contribution in [-0.4, -0.2) is 11.1 Å². The van der Waals surface area contributed by atoms with E-state index in [9.17, 15) is 4.79 Å². The first kappa shape index (κ1) is 8.87. The number of hydrogen-bond acceptors (Lipinski definition) is 2. The van der Waals surface area contributed by atoms with Gasteiger partial charge < -0.3 is 5.11 Å². The van der Waals surface area contributed by atoms with Crippen LogP contribution in [0.2, 0.25) is 0 Å². The zero-order chi connectivity index (χ0) is 8.97. The van der Waals surface area contributed by atoms with Gasteiger partial charge in [-0.1, -0.05) is 30.3 Å². The van der Waals surface area contributed by atoms with Crippen molar-refractivity contribution in [2.45, 2.75) is 0 Å². The van der Waals surface area contributed by atoms with Crippen LogP contribution in [0.1, 0.15) is 5.56 Å². The molecule has 1 N–H and O–H groups in total. The number of aliphatic carboxylic acids is 1. The molecule has 1 aromatic carbocycles. The van der Waals surface area contributed by atoms with Gasteiger partial charge in [-0.2, -0.15) is 0 Å². The fourth-order valence-corrected chi connectivity index (χ4v) is 0.918. The fourth-order valence-electron chi connectivity index (χ4n) is 0.769. The Morgan fingerprint density at radius 1 is 1.33 bits per heavy atom. The molecule has 0 aromatic heterocycles. The normalized spacial score (nSPS) is 11.2. The van der Waals surface area contributed by atoms with E-state index in [1.165, 1.54) is 6.08 Å². The van der Waals surface area contributed by atoms with Crippen molar-refractivity contribution in [2.24, 2.45) is 0 Å². The number of hydrogen-bond donors (Lipinski definition) is 2. The minimum Gasteiger partial charge on any atom is -0.477 e. The largest absolute Gasteiger partial charge is 0.477 e. The molecule has 0 unspecified atom stereocenters. The predicted molar refractivity (Wildman–Crippen MR) is 51.0 cm³/mol. The Labute approximate surface area is 75.9 Å². The van der Waals surface area contributed by atoms with Crippen LogP contribution in [0.4, 0.5) is 0 Å². The molecule has 0 saturated heterocycles. The minimum absolute atomic E-state index is 0.0428. The van der Waals surface area contributed by atoms with Gasteiger partial charge in [0.2, 0.25) is 0 Å². The monoisotopic (exact) mass is 180 g/mol. The third-order valence-electron chi connectivity index (χ3n) is 1.32. The molecule has 0 radical (unpaired) electrons. The number of carboxylic acids is 1. The molecule has 0 saturated carbocycles. The van der Waals surface area contributed by atoms with Gasteiger partial charge in [-0.15, -0.1) is 12.6 Å². The van der Waals surface area contributed by atoms with E-state index in [4.69, 9.17) is 5.11 Å². The second-order valence-electron chi connectivity index (χ2n) is 2.25. The lowest BCUT2D eigenvalue weighted by Gasteiger charge is -1.92. The summed E-state index contributed by atoms with van der Waals surface area (Å²) < 4.78 is 0.